The average Bonchev–Trinajstić information content (AvgIpc) is 2.66. The van der Waals surface area contributed by atoms with E-state index in [9.17, 15) is 13.2 Å². The molecule has 2 aromatic carbocycles. The van der Waals surface area contributed by atoms with Crippen molar-refractivity contribution in [1.82, 2.24) is 5.32 Å². The first-order valence-corrected chi connectivity index (χ1v) is 11.5. The second-order valence-electron chi connectivity index (χ2n) is 7.13. The van der Waals surface area contributed by atoms with Crippen LogP contribution in [0.3, 0.4) is 0 Å². The first-order valence-electron chi connectivity index (χ1n) is 9.62. The number of carbonyl (C=O) groups excluding carboxylic acids is 1. The zero-order valence-corrected chi connectivity index (χ0v) is 18.1. The van der Waals surface area contributed by atoms with E-state index in [0.29, 0.717) is 12.1 Å². The fourth-order valence-corrected chi connectivity index (χ4v) is 4.37. The molecular formula is C22H30N2O3S. The van der Waals surface area contributed by atoms with Gasteiger partial charge in [-0.05, 0) is 49.9 Å². The number of hydrogen-bond donors (Lipinski definition) is 1. The Labute approximate surface area is 168 Å². The number of nitrogens with one attached hydrogen (secondary N) is 1. The normalized spacial score (nSPS) is 13.6. The Bertz CT molecular complexity index is 890. The maximum Gasteiger partial charge on any atom is 0.244 e. The molecule has 0 aliphatic heterocycles. The van der Waals surface area contributed by atoms with Gasteiger partial charge in [-0.15, -0.1) is 0 Å². The van der Waals surface area contributed by atoms with Crippen LogP contribution in [0.4, 0.5) is 5.69 Å². The SMILES string of the molecule is CCc1ccc(N([C@H](C)C(=O)N[C@@H](CC)c2ccc(C)cc2)S(C)(=O)=O)cc1. The molecule has 0 aliphatic carbocycles. The second kappa shape index (κ2) is 9.24. The first-order chi connectivity index (χ1) is 13.2. The lowest BCUT2D eigenvalue weighted by molar-refractivity contribution is -0.122. The van der Waals surface area contributed by atoms with Crippen LogP contribution in [0.25, 0.3) is 0 Å². The average molecular weight is 403 g/mol. The van der Waals surface area contributed by atoms with Gasteiger partial charge < -0.3 is 5.32 Å². The zero-order valence-electron chi connectivity index (χ0n) is 17.3. The molecule has 0 saturated carbocycles. The molecule has 0 saturated heterocycles. The fourth-order valence-electron chi connectivity index (χ4n) is 3.20. The third kappa shape index (κ3) is 5.35. The van der Waals surface area contributed by atoms with Crippen LogP contribution in [0.2, 0.25) is 0 Å². The molecule has 6 heteroatoms. The second-order valence-corrected chi connectivity index (χ2v) is 8.99. The number of rotatable bonds is 8. The number of nitrogens with zero attached hydrogens (tertiary/aromatic N) is 1. The van der Waals surface area contributed by atoms with Crippen molar-refractivity contribution in [1.29, 1.82) is 0 Å². The van der Waals surface area contributed by atoms with Crippen molar-refractivity contribution in [2.24, 2.45) is 0 Å². The quantitative estimate of drug-likeness (QED) is 0.726. The van der Waals surface area contributed by atoms with Gasteiger partial charge in [-0.2, -0.15) is 0 Å². The van der Waals surface area contributed by atoms with E-state index in [1.54, 1.807) is 19.1 Å². The number of benzene rings is 2. The van der Waals surface area contributed by atoms with Crippen LogP contribution in [0.5, 0.6) is 0 Å². The summed E-state index contributed by atoms with van der Waals surface area (Å²) in [6, 6.07) is 14.2. The number of anilines is 1. The molecule has 1 N–H and O–H groups in total. The first kappa shape index (κ1) is 22.0. The highest BCUT2D eigenvalue weighted by Crippen LogP contribution is 2.23. The highest BCUT2D eigenvalue weighted by Gasteiger charge is 2.30. The highest BCUT2D eigenvalue weighted by molar-refractivity contribution is 7.92. The van der Waals surface area contributed by atoms with Crippen molar-refractivity contribution in [2.75, 3.05) is 10.6 Å². The van der Waals surface area contributed by atoms with Gasteiger partial charge >= 0.3 is 0 Å². The van der Waals surface area contributed by atoms with Gasteiger partial charge in [0.25, 0.3) is 0 Å². The summed E-state index contributed by atoms with van der Waals surface area (Å²) >= 11 is 0. The van der Waals surface area contributed by atoms with Gasteiger partial charge in [0.15, 0.2) is 0 Å². The molecule has 0 unspecified atom stereocenters. The molecule has 2 rings (SSSR count). The van der Waals surface area contributed by atoms with E-state index in [4.69, 9.17) is 0 Å². The minimum atomic E-state index is -3.62. The summed E-state index contributed by atoms with van der Waals surface area (Å²) in [6.45, 7) is 7.66. The molecule has 0 aliphatic rings. The van der Waals surface area contributed by atoms with Crippen LogP contribution in [0.1, 0.15) is 49.9 Å². The Morgan fingerprint density at radius 1 is 1.04 bits per heavy atom. The minimum Gasteiger partial charge on any atom is -0.347 e. The molecule has 0 heterocycles. The summed E-state index contributed by atoms with van der Waals surface area (Å²) in [4.78, 5) is 12.9. The largest absolute Gasteiger partial charge is 0.347 e. The number of hydrogen-bond acceptors (Lipinski definition) is 3. The zero-order chi connectivity index (χ0) is 20.9. The van der Waals surface area contributed by atoms with Gasteiger partial charge in [0.1, 0.15) is 6.04 Å². The summed E-state index contributed by atoms with van der Waals surface area (Å²) in [6.07, 6.45) is 2.71. The molecule has 152 valence electrons. The smallest absolute Gasteiger partial charge is 0.244 e. The van der Waals surface area contributed by atoms with Gasteiger partial charge in [0, 0.05) is 0 Å². The van der Waals surface area contributed by atoms with E-state index in [1.165, 1.54) is 4.31 Å². The maximum atomic E-state index is 12.9. The summed E-state index contributed by atoms with van der Waals surface area (Å²) in [7, 11) is -3.62. The Balaban J connectivity index is 2.26. The molecule has 2 aromatic rings. The molecule has 28 heavy (non-hydrogen) atoms. The van der Waals surface area contributed by atoms with Crippen molar-refractivity contribution < 1.29 is 13.2 Å². The van der Waals surface area contributed by atoms with Gasteiger partial charge in [0.05, 0.1) is 18.0 Å². The van der Waals surface area contributed by atoms with E-state index in [1.807, 2.05) is 57.2 Å². The van der Waals surface area contributed by atoms with Crippen LogP contribution in [-0.4, -0.2) is 26.6 Å². The van der Waals surface area contributed by atoms with Gasteiger partial charge in [-0.3, -0.25) is 9.10 Å². The van der Waals surface area contributed by atoms with E-state index >= 15 is 0 Å². The Hall–Kier alpha value is -2.34. The molecule has 2 atom stereocenters. The lowest BCUT2D eigenvalue weighted by Gasteiger charge is -2.30. The maximum absolute atomic E-state index is 12.9. The lowest BCUT2D eigenvalue weighted by atomic mass is 10.0. The van der Waals surface area contributed by atoms with E-state index < -0.39 is 16.1 Å². The van der Waals surface area contributed by atoms with Crippen molar-refractivity contribution in [3.8, 4) is 0 Å². The topological polar surface area (TPSA) is 66.5 Å². The Morgan fingerprint density at radius 2 is 1.61 bits per heavy atom. The van der Waals surface area contributed by atoms with Gasteiger partial charge in [-0.25, -0.2) is 8.42 Å². The van der Waals surface area contributed by atoms with Crippen LogP contribution < -0.4 is 9.62 Å². The Morgan fingerprint density at radius 3 is 2.07 bits per heavy atom. The third-order valence-electron chi connectivity index (χ3n) is 4.89. The van der Waals surface area contributed by atoms with Crippen LogP contribution >= 0.6 is 0 Å². The number of aryl methyl sites for hydroxylation is 2. The monoisotopic (exact) mass is 402 g/mol. The van der Waals surface area contributed by atoms with E-state index in [2.05, 4.69) is 5.32 Å². The number of carbonyl (C=O) groups is 1. The van der Waals surface area contributed by atoms with Crippen LogP contribution in [0.15, 0.2) is 48.5 Å². The molecule has 0 radical (unpaired) electrons. The van der Waals surface area contributed by atoms with Crippen molar-refractivity contribution >= 4 is 21.6 Å². The van der Waals surface area contributed by atoms with Crippen LogP contribution in [-0.2, 0) is 21.2 Å². The highest BCUT2D eigenvalue weighted by atomic mass is 32.2. The van der Waals surface area contributed by atoms with Crippen molar-refractivity contribution in [3.05, 3.63) is 65.2 Å². The summed E-state index contributed by atoms with van der Waals surface area (Å²) in [5, 5.41) is 3.00. The van der Waals surface area contributed by atoms with Crippen LogP contribution in [0, 0.1) is 6.92 Å². The number of amides is 1. The third-order valence-corrected chi connectivity index (χ3v) is 6.13. The molecular weight excluding hydrogens is 372 g/mol. The molecule has 5 nitrogen and oxygen atoms in total. The van der Waals surface area contributed by atoms with E-state index in [-0.39, 0.29) is 11.9 Å². The number of sulfonamides is 1. The van der Waals surface area contributed by atoms with Crippen molar-refractivity contribution in [3.63, 3.8) is 0 Å². The van der Waals surface area contributed by atoms with E-state index in [0.717, 1.165) is 29.4 Å². The Kier molecular flexibility index (Phi) is 7.24. The molecule has 0 fully saturated rings. The predicted molar refractivity (Wildman–Crippen MR) is 115 cm³/mol. The standard InChI is InChI=1S/C22H30N2O3S/c1-6-18-10-14-20(15-11-18)24(28(5,26)27)17(4)22(25)23-21(7-2)19-12-8-16(3)9-13-19/h8-15,17,21H,6-7H2,1-5H3,(H,23,25)/t17-,21+/m1/s1. The van der Waals surface area contributed by atoms with Crippen molar-refractivity contribution in [2.45, 2.75) is 52.6 Å². The predicted octanol–water partition coefficient (Wildman–Crippen LogP) is 3.98. The molecule has 0 aromatic heterocycles. The fraction of sp³-hybridized carbons (Fsp3) is 0.409. The summed E-state index contributed by atoms with van der Waals surface area (Å²) in [5.74, 6) is -0.322. The molecule has 1 amide bonds. The lowest BCUT2D eigenvalue weighted by Crippen LogP contribution is -2.48. The summed E-state index contributed by atoms with van der Waals surface area (Å²) < 4.78 is 26.1. The molecule has 0 spiro atoms. The molecule has 0 bridgehead atoms. The van der Waals surface area contributed by atoms with Gasteiger partial charge in [-0.1, -0.05) is 55.8 Å². The van der Waals surface area contributed by atoms with Gasteiger partial charge in [0.2, 0.25) is 15.9 Å². The minimum absolute atomic E-state index is 0.167. The summed E-state index contributed by atoms with van der Waals surface area (Å²) in [5.41, 5.74) is 3.76.